The van der Waals surface area contributed by atoms with Crippen LogP contribution in [0.1, 0.15) is 19.9 Å². The molecule has 2 aromatic carbocycles. The molecule has 0 bridgehead atoms. The molecule has 0 saturated carbocycles. The molecule has 5 nitrogen and oxygen atoms in total. The van der Waals surface area contributed by atoms with E-state index in [-0.39, 0.29) is 17.5 Å². The van der Waals surface area contributed by atoms with Gasteiger partial charge in [-0.05, 0) is 55.8 Å². The second kappa shape index (κ2) is 6.98. The lowest BCUT2D eigenvalue weighted by Crippen LogP contribution is -2.17. The van der Waals surface area contributed by atoms with Crippen molar-refractivity contribution in [1.29, 1.82) is 0 Å². The fraction of sp³-hybridized carbons (Fsp3) is 0.167. The second-order valence-corrected chi connectivity index (χ2v) is 6.60. The minimum Gasteiger partial charge on any atom is -0.314 e. The van der Waals surface area contributed by atoms with Crippen molar-refractivity contribution in [2.24, 2.45) is 4.99 Å². The number of aromatic nitrogens is 1. The molecule has 0 radical (unpaired) electrons. The third-order valence-corrected chi connectivity index (χ3v) is 4.52. The van der Waals surface area contributed by atoms with E-state index in [9.17, 15) is 14.5 Å². The third kappa shape index (κ3) is 3.66. The first-order valence-electron chi connectivity index (χ1n) is 7.71. The summed E-state index contributed by atoms with van der Waals surface area (Å²) in [5, 5.41) is 12.8. The summed E-state index contributed by atoms with van der Waals surface area (Å²) in [5.41, 5.74) is 2.56. The van der Waals surface area contributed by atoms with Crippen LogP contribution in [0, 0.1) is 15.9 Å². The van der Waals surface area contributed by atoms with Crippen molar-refractivity contribution >= 4 is 22.7 Å². The molecule has 1 heterocycles. The molecule has 3 aromatic rings. The summed E-state index contributed by atoms with van der Waals surface area (Å²) in [6, 6.07) is 12.6. The molecular weight excluding hydrogens is 341 g/mol. The van der Waals surface area contributed by atoms with Gasteiger partial charge in [0, 0.05) is 23.6 Å². The Labute approximate surface area is 147 Å². The van der Waals surface area contributed by atoms with Gasteiger partial charge in [0.15, 0.2) is 4.80 Å². The van der Waals surface area contributed by atoms with Gasteiger partial charge in [0.05, 0.1) is 16.3 Å². The molecule has 0 spiro atoms. The number of nitrogens with zero attached hydrogens (tertiary/aromatic N) is 3. The summed E-state index contributed by atoms with van der Waals surface area (Å²) < 4.78 is 15.1. The van der Waals surface area contributed by atoms with Crippen molar-refractivity contribution in [2.75, 3.05) is 0 Å². The van der Waals surface area contributed by atoms with E-state index in [1.165, 1.54) is 35.6 Å². The first-order chi connectivity index (χ1) is 12.0. The van der Waals surface area contributed by atoms with Gasteiger partial charge in [-0.2, -0.15) is 0 Å². The quantitative estimate of drug-likeness (QED) is 0.483. The van der Waals surface area contributed by atoms with E-state index < -0.39 is 4.92 Å². The first-order valence-corrected chi connectivity index (χ1v) is 8.59. The van der Waals surface area contributed by atoms with Crippen molar-refractivity contribution < 1.29 is 9.31 Å². The molecule has 1 aromatic heterocycles. The molecule has 128 valence electrons. The van der Waals surface area contributed by atoms with Crippen molar-refractivity contribution in [3.63, 3.8) is 0 Å². The molecule has 0 amide bonds. The molecule has 0 unspecified atom stereocenters. The van der Waals surface area contributed by atoms with E-state index in [0.717, 1.165) is 16.1 Å². The summed E-state index contributed by atoms with van der Waals surface area (Å²) in [6.45, 7) is 4.09. The van der Waals surface area contributed by atoms with Gasteiger partial charge in [-0.25, -0.2) is 9.38 Å². The van der Waals surface area contributed by atoms with Gasteiger partial charge < -0.3 is 4.57 Å². The van der Waals surface area contributed by atoms with Crippen LogP contribution < -0.4 is 4.80 Å². The van der Waals surface area contributed by atoms with Crippen LogP contribution in [0.5, 0.6) is 0 Å². The maximum absolute atomic E-state index is 13.1. The zero-order valence-electron chi connectivity index (χ0n) is 13.7. The molecule has 0 atom stereocenters. The lowest BCUT2D eigenvalue weighted by molar-refractivity contribution is -0.384. The normalized spacial score (nSPS) is 11.9. The first kappa shape index (κ1) is 17.0. The fourth-order valence-electron chi connectivity index (χ4n) is 2.49. The van der Waals surface area contributed by atoms with E-state index in [4.69, 9.17) is 0 Å². The summed E-state index contributed by atoms with van der Waals surface area (Å²) >= 11 is 1.48. The molecule has 3 rings (SSSR count). The number of rotatable bonds is 4. The van der Waals surface area contributed by atoms with Crippen LogP contribution in [0.3, 0.4) is 0 Å². The summed E-state index contributed by atoms with van der Waals surface area (Å²) in [5.74, 6) is -0.298. The number of benzene rings is 2. The Kier molecular flexibility index (Phi) is 4.76. The van der Waals surface area contributed by atoms with E-state index in [2.05, 4.69) is 9.56 Å². The van der Waals surface area contributed by atoms with Crippen LogP contribution in [-0.4, -0.2) is 9.49 Å². The van der Waals surface area contributed by atoms with Gasteiger partial charge in [0.2, 0.25) is 0 Å². The molecular formula is C18H16FN3O2S. The highest BCUT2D eigenvalue weighted by Crippen LogP contribution is 2.25. The average Bonchev–Trinajstić information content (AvgIpc) is 3.01. The molecule has 0 aliphatic rings. The third-order valence-electron chi connectivity index (χ3n) is 3.68. The van der Waals surface area contributed by atoms with Gasteiger partial charge in [-0.3, -0.25) is 10.1 Å². The van der Waals surface area contributed by atoms with Crippen LogP contribution >= 0.6 is 11.3 Å². The minimum atomic E-state index is -0.413. The van der Waals surface area contributed by atoms with E-state index in [1.54, 1.807) is 24.3 Å². The average molecular weight is 357 g/mol. The van der Waals surface area contributed by atoms with Crippen molar-refractivity contribution in [1.82, 2.24) is 4.57 Å². The lowest BCUT2D eigenvalue weighted by Gasteiger charge is -2.12. The number of thiazole rings is 1. The van der Waals surface area contributed by atoms with Crippen LogP contribution in [0.15, 0.2) is 58.9 Å². The lowest BCUT2D eigenvalue weighted by atomic mass is 10.1. The maximum Gasteiger partial charge on any atom is 0.269 e. The van der Waals surface area contributed by atoms with Crippen LogP contribution in [-0.2, 0) is 0 Å². The van der Waals surface area contributed by atoms with E-state index in [0.29, 0.717) is 5.69 Å². The largest absolute Gasteiger partial charge is 0.314 e. The number of non-ortho nitro benzene ring substituents is 1. The van der Waals surface area contributed by atoms with Gasteiger partial charge in [0.25, 0.3) is 5.69 Å². The molecule has 0 aliphatic carbocycles. The van der Waals surface area contributed by atoms with Crippen molar-refractivity contribution in [3.8, 4) is 11.3 Å². The van der Waals surface area contributed by atoms with Crippen LogP contribution in [0.25, 0.3) is 11.3 Å². The molecule has 0 aliphatic heterocycles. The number of nitro groups is 1. The summed E-state index contributed by atoms with van der Waals surface area (Å²) in [4.78, 5) is 15.8. The monoisotopic (exact) mass is 357 g/mol. The highest BCUT2D eigenvalue weighted by Gasteiger charge is 2.12. The van der Waals surface area contributed by atoms with Gasteiger partial charge in [-0.1, -0.05) is 0 Å². The molecule has 0 N–H and O–H groups in total. The smallest absolute Gasteiger partial charge is 0.269 e. The van der Waals surface area contributed by atoms with Gasteiger partial charge >= 0.3 is 0 Å². The Morgan fingerprint density at radius 2 is 1.76 bits per heavy atom. The Balaban J connectivity index is 2.08. The second-order valence-electron chi connectivity index (χ2n) is 5.76. The van der Waals surface area contributed by atoms with Gasteiger partial charge in [0.1, 0.15) is 5.82 Å². The predicted molar refractivity (Wildman–Crippen MR) is 96.4 cm³/mol. The Morgan fingerprint density at radius 3 is 2.32 bits per heavy atom. The molecule has 7 heteroatoms. The minimum absolute atomic E-state index is 0.0614. The number of hydrogen-bond donors (Lipinski definition) is 0. The van der Waals surface area contributed by atoms with E-state index in [1.807, 2.05) is 19.2 Å². The summed E-state index contributed by atoms with van der Waals surface area (Å²) in [6.07, 6.45) is 0. The molecule has 25 heavy (non-hydrogen) atoms. The Hall–Kier alpha value is -2.80. The standard InChI is InChI=1S/C18H16FN3O2S/c1-12(2)21-17(13-3-9-16(10-4-13)22(23)24)11-25-18(21)20-15-7-5-14(19)6-8-15/h3-12H,1-2H3. The summed E-state index contributed by atoms with van der Waals surface area (Å²) in [7, 11) is 0. The number of nitro benzene ring substituents is 1. The van der Waals surface area contributed by atoms with Crippen molar-refractivity contribution in [2.45, 2.75) is 19.9 Å². The predicted octanol–water partition coefficient (Wildman–Crippen LogP) is 5.08. The molecule has 0 saturated heterocycles. The van der Waals surface area contributed by atoms with Gasteiger partial charge in [-0.15, -0.1) is 11.3 Å². The zero-order valence-corrected chi connectivity index (χ0v) is 14.5. The topological polar surface area (TPSA) is 60.4 Å². The highest BCUT2D eigenvalue weighted by atomic mass is 32.1. The highest BCUT2D eigenvalue weighted by molar-refractivity contribution is 7.07. The number of halogens is 1. The Bertz CT molecular complexity index is 957. The molecule has 0 fully saturated rings. The van der Waals surface area contributed by atoms with E-state index >= 15 is 0 Å². The van der Waals surface area contributed by atoms with Crippen LogP contribution in [0.2, 0.25) is 0 Å². The maximum atomic E-state index is 13.1. The van der Waals surface area contributed by atoms with Crippen LogP contribution in [0.4, 0.5) is 15.8 Å². The SMILES string of the molecule is CC(C)n1c(-c2ccc([N+](=O)[O-])cc2)csc1=Nc1ccc(F)cc1. The Morgan fingerprint density at radius 1 is 1.12 bits per heavy atom. The fourth-order valence-corrected chi connectivity index (χ4v) is 3.54. The number of hydrogen-bond acceptors (Lipinski definition) is 4. The zero-order chi connectivity index (χ0) is 18.0. The van der Waals surface area contributed by atoms with Crippen molar-refractivity contribution in [3.05, 3.63) is 74.6 Å².